The highest BCUT2D eigenvalue weighted by Gasteiger charge is 2.47. The van der Waals surface area contributed by atoms with Crippen LogP contribution in [0, 0.1) is 23.7 Å². The van der Waals surface area contributed by atoms with Gasteiger partial charge >= 0.3 is 0 Å². The molecule has 4 atom stereocenters. The van der Waals surface area contributed by atoms with Crippen LogP contribution < -0.4 is 0 Å². The lowest BCUT2D eigenvalue weighted by Crippen LogP contribution is -2.46. The van der Waals surface area contributed by atoms with E-state index in [0.29, 0.717) is 11.8 Å². The predicted octanol–water partition coefficient (Wildman–Crippen LogP) is 1.52. The largest absolute Gasteiger partial charge is 0.294 e. The summed E-state index contributed by atoms with van der Waals surface area (Å²) in [7, 11) is 0. The van der Waals surface area contributed by atoms with E-state index in [1.807, 2.05) is 0 Å². The first-order valence-corrected chi connectivity index (χ1v) is 5.21. The van der Waals surface area contributed by atoms with Crippen LogP contribution in [-0.2, 0) is 9.59 Å². The van der Waals surface area contributed by atoms with Gasteiger partial charge in [-0.25, -0.2) is 0 Å². The molecule has 0 aromatic carbocycles. The van der Waals surface area contributed by atoms with Gasteiger partial charge in [0.2, 0.25) is 0 Å². The molecule has 4 aliphatic rings. The Morgan fingerprint density at radius 1 is 0.857 bits per heavy atom. The monoisotopic (exact) mass is 188 g/mol. The molecule has 0 N–H and O–H groups in total. The Hall–Kier alpha value is -1.18. The zero-order chi connectivity index (χ0) is 9.71. The van der Waals surface area contributed by atoms with Crippen molar-refractivity contribution in [3.05, 3.63) is 24.3 Å². The first kappa shape index (κ1) is 8.16. The Labute approximate surface area is 82.7 Å². The molecule has 2 nitrogen and oxygen atoms in total. The van der Waals surface area contributed by atoms with Crippen molar-refractivity contribution in [3.63, 3.8) is 0 Å². The van der Waals surface area contributed by atoms with Crippen LogP contribution in [0.15, 0.2) is 24.3 Å². The summed E-state index contributed by atoms with van der Waals surface area (Å²) in [6, 6.07) is 0. The van der Waals surface area contributed by atoms with Crippen LogP contribution in [0.2, 0.25) is 0 Å². The molecule has 72 valence electrons. The Bertz CT molecular complexity index is 331. The highest BCUT2D eigenvalue weighted by atomic mass is 16.1. The molecule has 0 unspecified atom stereocenters. The van der Waals surface area contributed by atoms with Gasteiger partial charge in [-0.05, 0) is 36.8 Å². The second kappa shape index (κ2) is 2.66. The number of carbonyl (C=O) groups is 2. The normalized spacial score (nSPS) is 44.3. The van der Waals surface area contributed by atoms with E-state index in [9.17, 15) is 9.59 Å². The Kier molecular flexibility index (Phi) is 1.55. The molecule has 0 aliphatic heterocycles. The summed E-state index contributed by atoms with van der Waals surface area (Å²) in [4.78, 5) is 23.4. The topological polar surface area (TPSA) is 34.1 Å². The summed E-state index contributed by atoms with van der Waals surface area (Å²) in [5, 5.41) is 0. The highest BCUT2D eigenvalue weighted by Crippen LogP contribution is 2.47. The van der Waals surface area contributed by atoms with Crippen LogP contribution in [0.1, 0.15) is 12.8 Å². The number of ketones is 2. The maximum absolute atomic E-state index is 11.7. The third-order valence-electron chi connectivity index (χ3n) is 3.82. The molecule has 2 heteroatoms. The average Bonchev–Trinajstić information content (AvgIpc) is 2.25. The van der Waals surface area contributed by atoms with E-state index in [4.69, 9.17) is 0 Å². The van der Waals surface area contributed by atoms with E-state index in [-0.39, 0.29) is 23.4 Å². The molecule has 2 bridgehead atoms. The van der Waals surface area contributed by atoms with Gasteiger partial charge in [-0.15, -0.1) is 0 Å². The number of rotatable bonds is 0. The molecular weight excluding hydrogens is 176 g/mol. The van der Waals surface area contributed by atoms with Crippen molar-refractivity contribution in [1.29, 1.82) is 0 Å². The van der Waals surface area contributed by atoms with Gasteiger partial charge in [0.15, 0.2) is 11.6 Å². The van der Waals surface area contributed by atoms with E-state index in [1.165, 1.54) is 12.2 Å². The number of fused-ring (bicyclic) bond motifs is 1. The minimum Gasteiger partial charge on any atom is -0.294 e. The minimum absolute atomic E-state index is 0.0313. The van der Waals surface area contributed by atoms with Crippen molar-refractivity contribution in [2.24, 2.45) is 23.7 Å². The molecular formula is C12H12O2. The van der Waals surface area contributed by atoms with Gasteiger partial charge in [0.1, 0.15) is 0 Å². The summed E-state index contributed by atoms with van der Waals surface area (Å²) in [6.07, 6.45) is 9.37. The van der Waals surface area contributed by atoms with Crippen LogP contribution in [0.25, 0.3) is 0 Å². The minimum atomic E-state index is -0.0313. The van der Waals surface area contributed by atoms with Crippen molar-refractivity contribution >= 4 is 11.6 Å². The first-order chi connectivity index (χ1) is 6.77. The number of hydrogen-bond donors (Lipinski definition) is 0. The quantitative estimate of drug-likeness (QED) is 0.540. The van der Waals surface area contributed by atoms with E-state index >= 15 is 0 Å². The second-order valence-electron chi connectivity index (χ2n) is 4.48. The van der Waals surface area contributed by atoms with E-state index < -0.39 is 0 Å². The van der Waals surface area contributed by atoms with Gasteiger partial charge in [0.05, 0.1) is 0 Å². The van der Waals surface area contributed by atoms with E-state index in [0.717, 1.165) is 12.8 Å². The Morgan fingerprint density at radius 3 is 1.64 bits per heavy atom. The van der Waals surface area contributed by atoms with Crippen molar-refractivity contribution in [1.82, 2.24) is 0 Å². The molecule has 0 radical (unpaired) electrons. The Balaban J connectivity index is 2.09. The molecule has 1 fully saturated rings. The summed E-state index contributed by atoms with van der Waals surface area (Å²) >= 11 is 0. The van der Waals surface area contributed by atoms with Crippen LogP contribution in [0.4, 0.5) is 0 Å². The molecule has 0 aromatic heterocycles. The fourth-order valence-corrected chi connectivity index (χ4v) is 3.16. The zero-order valence-corrected chi connectivity index (χ0v) is 7.85. The predicted molar refractivity (Wildman–Crippen MR) is 51.5 cm³/mol. The number of hydrogen-bond acceptors (Lipinski definition) is 2. The number of allylic oxidation sites excluding steroid dienone is 4. The average molecular weight is 188 g/mol. The second-order valence-corrected chi connectivity index (χ2v) is 4.48. The summed E-state index contributed by atoms with van der Waals surface area (Å²) in [6.45, 7) is 0. The fourth-order valence-electron chi connectivity index (χ4n) is 3.16. The fraction of sp³-hybridized carbons (Fsp3) is 0.500. The molecule has 4 rings (SSSR count). The van der Waals surface area contributed by atoms with Crippen LogP contribution >= 0.6 is 0 Å². The zero-order valence-electron chi connectivity index (χ0n) is 7.85. The lowest BCUT2D eigenvalue weighted by Gasteiger charge is -2.43. The van der Waals surface area contributed by atoms with E-state index in [1.54, 1.807) is 0 Å². The molecule has 0 aromatic rings. The summed E-state index contributed by atoms with van der Waals surface area (Å²) < 4.78 is 0. The maximum atomic E-state index is 11.7. The summed E-state index contributed by atoms with van der Waals surface area (Å²) in [5.74, 6) is 0.910. The third kappa shape index (κ3) is 0.912. The van der Waals surface area contributed by atoms with Gasteiger partial charge in [0.25, 0.3) is 0 Å². The van der Waals surface area contributed by atoms with Crippen LogP contribution in [0.5, 0.6) is 0 Å². The first-order valence-electron chi connectivity index (χ1n) is 5.21. The van der Waals surface area contributed by atoms with Crippen LogP contribution in [-0.4, -0.2) is 11.6 Å². The van der Waals surface area contributed by atoms with Crippen molar-refractivity contribution in [2.75, 3.05) is 0 Å². The molecule has 0 spiro atoms. The lowest BCUT2D eigenvalue weighted by atomic mass is 9.58. The third-order valence-corrected chi connectivity index (χ3v) is 3.82. The van der Waals surface area contributed by atoms with Gasteiger partial charge < -0.3 is 0 Å². The Morgan fingerprint density at radius 2 is 1.29 bits per heavy atom. The number of carbonyl (C=O) groups excluding carboxylic acids is 2. The molecule has 0 heterocycles. The molecule has 0 amide bonds. The van der Waals surface area contributed by atoms with E-state index in [2.05, 4.69) is 12.2 Å². The van der Waals surface area contributed by atoms with Gasteiger partial charge in [0, 0.05) is 11.8 Å². The standard InChI is InChI=1S/C12H12O2/c13-9-5-6-10(14)12-8-2-1-7(3-4-8)11(9)12/h1-2,5-8,11-12H,3-4H2/t7-,8-,11-,12-/m0/s1. The van der Waals surface area contributed by atoms with Crippen molar-refractivity contribution in [3.8, 4) is 0 Å². The summed E-state index contributed by atoms with van der Waals surface area (Å²) in [5.41, 5.74) is 0. The molecule has 4 aliphatic carbocycles. The molecule has 1 saturated carbocycles. The van der Waals surface area contributed by atoms with Gasteiger partial charge in [-0.2, -0.15) is 0 Å². The van der Waals surface area contributed by atoms with Crippen LogP contribution in [0.3, 0.4) is 0 Å². The smallest absolute Gasteiger partial charge is 0.160 e. The van der Waals surface area contributed by atoms with Crippen molar-refractivity contribution in [2.45, 2.75) is 12.8 Å². The maximum Gasteiger partial charge on any atom is 0.160 e. The SMILES string of the molecule is O=C1C=CC(=O)[C@H]2[C@H]1[C@H]1C=C[C@H]2CC1. The van der Waals surface area contributed by atoms with Gasteiger partial charge in [-0.1, -0.05) is 12.2 Å². The van der Waals surface area contributed by atoms with Gasteiger partial charge in [-0.3, -0.25) is 9.59 Å². The van der Waals surface area contributed by atoms with Crippen molar-refractivity contribution < 1.29 is 9.59 Å². The lowest BCUT2D eigenvalue weighted by molar-refractivity contribution is -0.134. The molecule has 14 heavy (non-hydrogen) atoms. The molecule has 0 saturated heterocycles. The highest BCUT2D eigenvalue weighted by molar-refractivity contribution is 6.08.